The van der Waals surface area contributed by atoms with E-state index in [2.05, 4.69) is 0 Å². The van der Waals surface area contributed by atoms with Gasteiger partial charge in [-0.1, -0.05) is 13.8 Å². The van der Waals surface area contributed by atoms with Crippen molar-refractivity contribution in [2.45, 2.75) is 20.4 Å². The molecular formula is C22H28FN5O4. The summed E-state index contributed by atoms with van der Waals surface area (Å²) in [4.78, 5) is 54.0. The van der Waals surface area contributed by atoms with Crippen LogP contribution in [0.25, 0.3) is 0 Å². The fourth-order valence-electron chi connectivity index (χ4n) is 3.75. The van der Waals surface area contributed by atoms with Crippen molar-refractivity contribution in [1.82, 2.24) is 18.9 Å². The summed E-state index contributed by atoms with van der Waals surface area (Å²) in [6, 6.07) is 5.37. The van der Waals surface area contributed by atoms with Gasteiger partial charge in [-0.25, -0.2) is 9.18 Å². The number of piperazine rings is 1. The van der Waals surface area contributed by atoms with Gasteiger partial charge in [-0.2, -0.15) is 0 Å². The molecule has 3 rings (SSSR count). The highest BCUT2D eigenvalue weighted by molar-refractivity contribution is 6.01. The molecule has 0 saturated carbocycles. The van der Waals surface area contributed by atoms with Crippen molar-refractivity contribution in [2.75, 3.05) is 38.5 Å². The molecule has 0 atom stereocenters. The van der Waals surface area contributed by atoms with Crippen molar-refractivity contribution in [3.05, 3.63) is 62.0 Å². The number of aromatic nitrogens is 2. The highest BCUT2D eigenvalue weighted by Crippen LogP contribution is 2.13. The number of carbonyl (C=O) groups is 2. The summed E-state index contributed by atoms with van der Waals surface area (Å²) in [5.74, 6) is -1.08. The van der Waals surface area contributed by atoms with Crippen LogP contribution in [0.5, 0.6) is 0 Å². The smallest absolute Gasteiger partial charge is 0.332 e. The number of anilines is 1. The van der Waals surface area contributed by atoms with Crippen LogP contribution in [0.1, 0.15) is 34.6 Å². The first-order chi connectivity index (χ1) is 15.1. The van der Waals surface area contributed by atoms with E-state index in [1.165, 1.54) is 35.9 Å². The van der Waals surface area contributed by atoms with Gasteiger partial charge in [-0.15, -0.1) is 0 Å². The van der Waals surface area contributed by atoms with Crippen LogP contribution in [0, 0.1) is 11.7 Å². The average molecular weight is 445 g/mol. The molecule has 2 aromatic rings. The molecule has 0 bridgehead atoms. The molecule has 1 saturated heterocycles. The predicted octanol–water partition coefficient (Wildman–Crippen LogP) is 0.565. The standard InChI is InChI=1S/C22H28FN5O4/c1-14(2)12-28-19(24)18(21(31)25(3)22(28)32)17(29)13-26-8-10-27(11-9-26)20(30)15-4-6-16(23)7-5-15/h4-7,14H,8-13,24H2,1-3H3. The van der Waals surface area contributed by atoms with Crippen LogP contribution < -0.4 is 17.0 Å². The van der Waals surface area contributed by atoms with E-state index in [4.69, 9.17) is 5.73 Å². The van der Waals surface area contributed by atoms with Crippen molar-refractivity contribution in [3.8, 4) is 0 Å². The molecule has 1 amide bonds. The number of hydrogen-bond acceptors (Lipinski definition) is 6. The molecule has 1 aromatic carbocycles. The lowest BCUT2D eigenvalue weighted by molar-refractivity contribution is 0.0624. The van der Waals surface area contributed by atoms with E-state index in [0.717, 1.165) is 4.57 Å². The number of carbonyl (C=O) groups excluding carboxylic acids is 2. The molecule has 32 heavy (non-hydrogen) atoms. The van der Waals surface area contributed by atoms with E-state index in [-0.39, 0.29) is 29.8 Å². The second-order valence-corrected chi connectivity index (χ2v) is 8.41. The first-order valence-electron chi connectivity index (χ1n) is 10.5. The molecule has 0 aliphatic carbocycles. The van der Waals surface area contributed by atoms with Gasteiger partial charge in [0.2, 0.25) is 0 Å². The first-order valence-corrected chi connectivity index (χ1v) is 10.5. The molecule has 0 radical (unpaired) electrons. The second-order valence-electron chi connectivity index (χ2n) is 8.41. The van der Waals surface area contributed by atoms with Gasteiger partial charge in [0, 0.05) is 45.3 Å². The summed E-state index contributed by atoms with van der Waals surface area (Å²) in [7, 11) is 1.33. The molecule has 0 spiro atoms. The van der Waals surface area contributed by atoms with Crippen LogP contribution in [0.2, 0.25) is 0 Å². The predicted molar refractivity (Wildman–Crippen MR) is 118 cm³/mol. The Balaban J connectivity index is 1.71. The lowest BCUT2D eigenvalue weighted by Gasteiger charge is -2.34. The Labute approximate surface area is 184 Å². The highest BCUT2D eigenvalue weighted by Gasteiger charge is 2.27. The van der Waals surface area contributed by atoms with Crippen LogP contribution in [0.15, 0.2) is 33.9 Å². The van der Waals surface area contributed by atoms with Gasteiger partial charge < -0.3 is 10.6 Å². The number of rotatable bonds is 6. The largest absolute Gasteiger partial charge is 0.384 e. The minimum Gasteiger partial charge on any atom is -0.384 e. The number of nitrogens with two attached hydrogens (primary N) is 1. The zero-order chi connectivity index (χ0) is 23.6. The minimum atomic E-state index is -0.706. The maximum absolute atomic E-state index is 13.1. The third kappa shape index (κ3) is 4.80. The molecule has 1 fully saturated rings. The molecule has 2 N–H and O–H groups in total. The Hall–Kier alpha value is -3.27. The molecule has 0 unspecified atom stereocenters. The molecule has 9 nitrogen and oxygen atoms in total. The normalized spacial score (nSPS) is 14.7. The SMILES string of the molecule is CC(C)Cn1c(N)c(C(=O)CN2CCN(C(=O)c3ccc(F)cc3)CC2)c(=O)n(C)c1=O. The van der Waals surface area contributed by atoms with Gasteiger partial charge >= 0.3 is 5.69 Å². The Morgan fingerprint density at radius 3 is 2.22 bits per heavy atom. The van der Waals surface area contributed by atoms with E-state index in [0.29, 0.717) is 38.3 Å². The molecular weight excluding hydrogens is 417 g/mol. The van der Waals surface area contributed by atoms with Gasteiger partial charge in [0.1, 0.15) is 17.2 Å². The van der Waals surface area contributed by atoms with Crippen molar-refractivity contribution >= 4 is 17.5 Å². The van der Waals surface area contributed by atoms with Gasteiger partial charge in [0.05, 0.1) is 6.54 Å². The molecule has 10 heteroatoms. The Morgan fingerprint density at radius 1 is 1.06 bits per heavy atom. The van der Waals surface area contributed by atoms with Crippen molar-refractivity contribution in [2.24, 2.45) is 13.0 Å². The number of ketones is 1. The topological polar surface area (TPSA) is 111 Å². The molecule has 172 valence electrons. The Bertz CT molecular complexity index is 1130. The Morgan fingerprint density at radius 2 is 1.66 bits per heavy atom. The van der Waals surface area contributed by atoms with E-state index in [9.17, 15) is 23.6 Å². The van der Waals surface area contributed by atoms with Crippen LogP contribution >= 0.6 is 0 Å². The lowest BCUT2D eigenvalue weighted by atomic mass is 10.1. The van der Waals surface area contributed by atoms with Crippen molar-refractivity contribution in [3.63, 3.8) is 0 Å². The van der Waals surface area contributed by atoms with E-state index in [1.807, 2.05) is 18.7 Å². The van der Waals surface area contributed by atoms with Crippen LogP contribution in [-0.2, 0) is 13.6 Å². The van der Waals surface area contributed by atoms with E-state index < -0.39 is 22.8 Å². The first kappa shape index (κ1) is 23.4. The number of benzene rings is 1. The summed E-state index contributed by atoms with van der Waals surface area (Å²) < 4.78 is 15.3. The van der Waals surface area contributed by atoms with Gasteiger partial charge in [-0.3, -0.25) is 28.4 Å². The molecule has 1 aliphatic rings. The quantitative estimate of drug-likeness (QED) is 0.651. The number of Topliss-reactive ketones (excluding diaryl/α,β-unsaturated/α-hetero) is 1. The highest BCUT2D eigenvalue weighted by atomic mass is 19.1. The molecule has 2 heterocycles. The summed E-state index contributed by atoms with van der Waals surface area (Å²) in [6.45, 7) is 5.72. The number of amides is 1. The number of hydrogen-bond donors (Lipinski definition) is 1. The van der Waals surface area contributed by atoms with E-state index in [1.54, 1.807) is 4.90 Å². The number of nitrogens with zero attached hydrogens (tertiary/aromatic N) is 4. The maximum Gasteiger partial charge on any atom is 0.332 e. The zero-order valence-corrected chi connectivity index (χ0v) is 18.5. The van der Waals surface area contributed by atoms with Gasteiger partial charge in [0.25, 0.3) is 11.5 Å². The fraction of sp³-hybridized carbons (Fsp3) is 0.455. The summed E-state index contributed by atoms with van der Waals surface area (Å²) >= 11 is 0. The van der Waals surface area contributed by atoms with Crippen molar-refractivity contribution < 1.29 is 14.0 Å². The number of halogens is 1. The number of nitrogen functional groups attached to an aromatic ring is 1. The van der Waals surface area contributed by atoms with Gasteiger partial charge in [-0.05, 0) is 30.2 Å². The van der Waals surface area contributed by atoms with Crippen LogP contribution in [0.4, 0.5) is 10.2 Å². The second kappa shape index (κ2) is 9.47. The van der Waals surface area contributed by atoms with Crippen molar-refractivity contribution in [1.29, 1.82) is 0 Å². The molecule has 1 aliphatic heterocycles. The zero-order valence-electron chi connectivity index (χ0n) is 18.5. The van der Waals surface area contributed by atoms with E-state index >= 15 is 0 Å². The average Bonchev–Trinajstić information content (AvgIpc) is 2.76. The third-order valence-electron chi connectivity index (χ3n) is 5.53. The fourth-order valence-corrected chi connectivity index (χ4v) is 3.75. The molecule has 1 aromatic heterocycles. The summed E-state index contributed by atoms with van der Waals surface area (Å²) in [5.41, 5.74) is 5.04. The van der Waals surface area contributed by atoms with Crippen LogP contribution in [-0.4, -0.2) is 63.3 Å². The monoisotopic (exact) mass is 445 g/mol. The third-order valence-corrected chi connectivity index (χ3v) is 5.53. The van der Waals surface area contributed by atoms with Crippen LogP contribution in [0.3, 0.4) is 0 Å². The van der Waals surface area contributed by atoms with Gasteiger partial charge in [0.15, 0.2) is 5.78 Å². The maximum atomic E-state index is 13.1. The lowest BCUT2D eigenvalue weighted by Crippen LogP contribution is -2.50. The Kier molecular flexibility index (Phi) is 6.93. The summed E-state index contributed by atoms with van der Waals surface area (Å²) in [5, 5.41) is 0. The minimum absolute atomic E-state index is 0.0437. The summed E-state index contributed by atoms with van der Waals surface area (Å²) in [6.07, 6.45) is 0.